The molecule has 1 saturated heterocycles. The number of aromatic nitrogens is 2. The lowest BCUT2D eigenvalue weighted by Gasteiger charge is -2.12. The molecule has 1 aromatic carbocycles. The Kier molecular flexibility index (Phi) is 3.46. The van der Waals surface area contributed by atoms with Gasteiger partial charge in [-0.3, -0.25) is 0 Å². The van der Waals surface area contributed by atoms with Crippen molar-refractivity contribution in [1.82, 2.24) is 9.55 Å². The van der Waals surface area contributed by atoms with Gasteiger partial charge in [0.2, 0.25) is 0 Å². The molecule has 0 radical (unpaired) electrons. The normalized spacial score (nSPS) is 19.8. The molecule has 3 nitrogen and oxygen atoms in total. The van der Waals surface area contributed by atoms with Gasteiger partial charge in [0.05, 0.1) is 23.5 Å². The molecule has 0 saturated carbocycles. The molecule has 3 rings (SSSR count). The lowest BCUT2D eigenvalue weighted by molar-refractivity contribution is 0.182. The minimum Gasteiger partial charge on any atom is -0.381 e. The second-order valence-corrected chi connectivity index (χ2v) is 5.34. The van der Waals surface area contributed by atoms with Gasteiger partial charge in [0, 0.05) is 24.1 Å². The maximum atomic E-state index is 5.99. The average molecular weight is 285 g/mol. The molecule has 2 heterocycles. The van der Waals surface area contributed by atoms with Gasteiger partial charge in [-0.25, -0.2) is 4.98 Å². The van der Waals surface area contributed by atoms with Crippen LogP contribution in [0.25, 0.3) is 11.0 Å². The van der Waals surface area contributed by atoms with Crippen LogP contribution < -0.4 is 0 Å². The van der Waals surface area contributed by atoms with Gasteiger partial charge in [0.15, 0.2) is 0 Å². The molecule has 0 spiro atoms. The Bertz CT molecular complexity index is 561. The predicted octanol–water partition coefficient (Wildman–Crippen LogP) is 3.47. The molecule has 1 aromatic heterocycles. The van der Waals surface area contributed by atoms with Crippen LogP contribution in [0, 0.1) is 5.92 Å². The summed E-state index contributed by atoms with van der Waals surface area (Å²) in [6.45, 7) is 2.61. The third-order valence-electron chi connectivity index (χ3n) is 3.37. The summed E-state index contributed by atoms with van der Waals surface area (Å²) in [5, 5.41) is 0.706. The van der Waals surface area contributed by atoms with Gasteiger partial charge in [-0.15, -0.1) is 11.6 Å². The highest BCUT2D eigenvalue weighted by atomic mass is 35.5. The fourth-order valence-corrected chi connectivity index (χ4v) is 2.81. The Morgan fingerprint density at radius 3 is 3.06 bits per heavy atom. The van der Waals surface area contributed by atoms with Crippen molar-refractivity contribution in [3.8, 4) is 0 Å². The number of alkyl halides is 1. The highest BCUT2D eigenvalue weighted by molar-refractivity contribution is 6.31. The zero-order valence-electron chi connectivity index (χ0n) is 9.90. The van der Waals surface area contributed by atoms with Crippen LogP contribution in [-0.2, 0) is 17.2 Å². The Balaban J connectivity index is 2.01. The van der Waals surface area contributed by atoms with Gasteiger partial charge < -0.3 is 9.30 Å². The quantitative estimate of drug-likeness (QED) is 0.807. The van der Waals surface area contributed by atoms with Crippen molar-refractivity contribution in [2.75, 3.05) is 13.2 Å². The topological polar surface area (TPSA) is 27.1 Å². The van der Waals surface area contributed by atoms with E-state index < -0.39 is 0 Å². The SMILES string of the molecule is ClCc1nc2cc(Cl)ccc2n1CC1CCOC1. The summed E-state index contributed by atoms with van der Waals surface area (Å²) < 4.78 is 7.62. The van der Waals surface area contributed by atoms with Crippen molar-refractivity contribution in [1.29, 1.82) is 0 Å². The number of fused-ring (bicyclic) bond motifs is 1. The van der Waals surface area contributed by atoms with Crippen LogP contribution >= 0.6 is 23.2 Å². The zero-order chi connectivity index (χ0) is 12.5. The number of benzene rings is 1. The summed E-state index contributed by atoms with van der Waals surface area (Å²) in [4.78, 5) is 4.54. The first-order chi connectivity index (χ1) is 8.78. The summed E-state index contributed by atoms with van der Waals surface area (Å²) in [6, 6.07) is 5.79. The molecule has 2 aromatic rings. The van der Waals surface area contributed by atoms with Crippen molar-refractivity contribution in [3.05, 3.63) is 29.0 Å². The Morgan fingerprint density at radius 2 is 2.33 bits per heavy atom. The number of nitrogens with zero attached hydrogens (tertiary/aromatic N) is 2. The van der Waals surface area contributed by atoms with Crippen molar-refractivity contribution in [3.63, 3.8) is 0 Å². The fourth-order valence-electron chi connectivity index (χ4n) is 2.44. The molecule has 0 amide bonds. The van der Waals surface area contributed by atoms with Crippen LogP contribution in [0.2, 0.25) is 5.02 Å². The van der Waals surface area contributed by atoms with E-state index in [1.165, 1.54) is 0 Å². The molecule has 5 heteroatoms. The second-order valence-electron chi connectivity index (χ2n) is 4.63. The van der Waals surface area contributed by atoms with Crippen molar-refractivity contribution in [2.24, 2.45) is 5.92 Å². The highest BCUT2D eigenvalue weighted by Crippen LogP contribution is 2.24. The fraction of sp³-hybridized carbons (Fsp3) is 0.462. The Hall–Kier alpha value is -0.770. The van der Waals surface area contributed by atoms with Crippen molar-refractivity contribution >= 4 is 34.2 Å². The first-order valence-electron chi connectivity index (χ1n) is 6.06. The van der Waals surface area contributed by atoms with E-state index in [9.17, 15) is 0 Å². The third kappa shape index (κ3) is 2.22. The van der Waals surface area contributed by atoms with E-state index in [1.807, 2.05) is 18.2 Å². The molecule has 18 heavy (non-hydrogen) atoms. The first-order valence-corrected chi connectivity index (χ1v) is 6.97. The minimum absolute atomic E-state index is 0.417. The van der Waals surface area contributed by atoms with E-state index in [-0.39, 0.29) is 0 Å². The van der Waals surface area contributed by atoms with Crippen molar-refractivity contribution in [2.45, 2.75) is 18.8 Å². The van der Waals surface area contributed by atoms with Crippen LogP contribution in [0.1, 0.15) is 12.2 Å². The lowest BCUT2D eigenvalue weighted by Crippen LogP contribution is -2.12. The summed E-state index contributed by atoms with van der Waals surface area (Å²) in [5.41, 5.74) is 2.01. The Morgan fingerprint density at radius 1 is 1.44 bits per heavy atom. The summed E-state index contributed by atoms with van der Waals surface area (Å²) >= 11 is 12.0. The molecule has 0 aliphatic carbocycles. The molecular formula is C13H14Cl2N2O. The van der Waals surface area contributed by atoms with Gasteiger partial charge in [0.1, 0.15) is 5.82 Å². The molecule has 0 bridgehead atoms. The van der Waals surface area contributed by atoms with Gasteiger partial charge in [0.25, 0.3) is 0 Å². The van der Waals surface area contributed by atoms with E-state index in [4.69, 9.17) is 27.9 Å². The number of ether oxygens (including phenoxy) is 1. The summed E-state index contributed by atoms with van der Waals surface area (Å²) in [5.74, 6) is 1.88. The average Bonchev–Trinajstić information content (AvgIpc) is 2.97. The first kappa shape index (κ1) is 12.3. The van der Waals surface area contributed by atoms with Crippen LogP contribution in [0.15, 0.2) is 18.2 Å². The molecule has 1 fully saturated rings. The number of rotatable bonds is 3. The van der Waals surface area contributed by atoms with E-state index in [1.54, 1.807) is 0 Å². The van der Waals surface area contributed by atoms with E-state index in [2.05, 4.69) is 9.55 Å². The summed E-state index contributed by atoms with van der Waals surface area (Å²) in [6.07, 6.45) is 1.11. The van der Waals surface area contributed by atoms with Crippen LogP contribution in [0.4, 0.5) is 0 Å². The number of imidazole rings is 1. The van der Waals surface area contributed by atoms with E-state index in [0.29, 0.717) is 16.8 Å². The monoisotopic (exact) mass is 284 g/mol. The van der Waals surface area contributed by atoms with Gasteiger partial charge in [-0.2, -0.15) is 0 Å². The number of halogens is 2. The van der Waals surface area contributed by atoms with Crippen LogP contribution in [0.3, 0.4) is 0 Å². The third-order valence-corrected chi connectivity index (χ3v) is 3.85. The van der Waals surface area contributed by atoms with Crippen molar-refractivity contribution < 1.29 is 4.74 Å². The number of hydrogen-bond acceptors (Lipinski definition) is 2. The largest absolute Gasteiger partial charge is 0.381 e. The highest BCUT2D eigenvalue weighted by Gasteiger charge is 2.19. The molecule has 1 aliphatic rings. The summed E-state index contributed by atoms with van der Waals surface area (Å²) in [7, 11) is 0. The van der Waals surface area contributed by atoms with E-state index in [0.717, 1.165) is 43.0 Å². The molecule has 96 valence electrons. The lowest BCUT2D eigenvalue weighted by atomic mass is 10.1. The number of hydrogen-bond donors (Lipinski definition) is 0. The predicted molar refractivity (Wildman–Crippen MR) is 73.2 cm³/mol. The smallest absolute Gasteiger partial charge is 0.124 e. The molecule has 1 unspecified atom stereocenters. The Labute approximate surface area is 116 Å². The molecular weight excluding hydrogens is 271 g/mol. The standard InChI is InChI=1S/C13H14Cl2N2O/c14-6-13-16-11-5-10(15)1-2-12(11)17(13)7-9-3-4-18-8-9/h1-2,5,9H,3-4,6-8H2. The van der Waals surface area contributed by atoms with Crippen LogP contribution in [0.5, 0.6) is 0 Å². The van der Waals surface area contributed by atoms with Gasteiger partial charge >= 0.3 is 0 Å². The maximum absolute atomic E-state index is 5.99. The molecule has 0 N–H and O–H groups in total. The molecule has 1 aliphatic heterocycles. The van der Waals surface area contributed by atoms with Crippen LogP contribution in [-0.4, -0.2) is 22.8 Å². The van der Waals surface area contributed by atoms with Gasteiger partial charge in [-0.05, 0) is 24.6 Å². The minimum atomic E-state index is 0.417. The molecule has 1 atom stereocenters. The maximum Gasteiger partial charge on any atom is 0.124 e. The zero-order valence-corrected chi connectivity index (χ0v) is 11.4. The van der Waals surface area contributed by atoms with E-state index >= 15 is 0 Å². The second kappa shape index (κ2) is 5.08. The van der Waals surface area contributed by atoms with Gasteiger partial charge in [-0.1, -0.05) is 11.6 Å².